The van der Waals surface area contributed by atoms with Crippen molar-refractivity contribution in [1.82, 2.24) is 10.2 Å². The van der Waals surface area contributed by atoms with Crippen molar-refractivity contribution in [3.05, 3.63) is 89.0 Å². The second-order valence-electron chi connectivity index (χ2n) is 9.17. The molecule has 204 valence electrons. The Kier molecular flexibility index (Phi) is 8.57. The summed E-state index contributed by atoms with van der Waals surface area (Å²) >= 11 is 0. The fourth-order valence-electron chi connectivity index (χ4n) is 4.36. The molecule has 0 aromatic heterocycles. The lowest BCUT2D eigenvalue weighted by atomic mass is 9.99. The van der Waals surface area contributed by atoms with Gasteiger partial charge in [-0.2, -0.15) is 26.9 Å². The Hall–Kier alpha value is -3.88. The van der Waals surface area contributed by atoms with Crippen molar-refractivity contribution in [2.75, 3.05) is 19.6 Å². The summed E-state index contributed by atoms with van der Waals surface area (Å²) in [6.45, 7) is 2.44. The molecular weight excluding hydrogens is 531 g/mol. The van der Waals surface area contributed by atoms with E-state index in [0.29, 0.717) is 30.6 Å². The molecule has 0 unspecified atom stereocenters. The van der Waals surface area contributed by atoms with Crippen molar-refractivity contribution in [2.24, 2.45) is 0 Å². The molecule has 0 radical (unpaired) electrons. The largest absolute Gasteiger partial charge is 0.534 e. The van der Waals surface area contributed by atoms with Crippen molar-refractivity contribution >= 4 is 16.0 Å². The third kappa shape index (κ3) is 7.16. The fraction of sp³-hybridized carbons (Fsp3) is 0.286. The van der Waals surface area contributed by atoms with Crippen LogP contribution in [0.4, 0.5) is 13.2 Å². The van der Waals surface area contributed by atoms with Crippen LogP contribution in [0, 0.1) is 11.3 Å². The average Bonchev–Trinajstić information content (AvgIpc) is 2.92. The van der Waals surface area contributed by atoms with E-state index in [1.54, 1.807) is 30.3 Å². The Labute approximate surface area is 224 Å². The summed E-state index contributed by atoms with van der Waals surface area (Å²) in [5, 5.41) is 12.0. The van der Waals surface area contributed by atoms with Crippen LogP contribution in [0.2, 0.25) is 0 Å². The molecule has 7 nitrogen and oxygen atoms in total. The van der Waals surface area contributed by atoms with E-state index >= 15 is 0 Å². The lowest BCUT2D eigenvalue weighted by molar-refractivity contribution is -0.0500. The first kappa shape index (κ1) is 28.1. The molecule has 1 heterocycles. The number of nitriles is 1. The zero-order valence-electron chi connectivity index (χ0n) is 20.9. The Morgan fingerprint density at radius 3 is 2.49 bits per heavy atom. The second-order valence-corrected chi connectivity index (χ2v) is 10.7. The molecule has 1 aliphatic rings. The van der Waals surface area contributed by atoms with E-state index in [2.05, 4.69) is 20.5 Å². The highest BCUT2D eigenvalue weighted by atomic mass is 32.2. The molecule has 0 bridgehead atoms. The number of carbonyl (C=O) groups excluding carboxylic acids is 1. The summed E-state index contributed by atoms with van der Waals surface area (Å²) in [6, 6.07) is 20.7. The highest BCUT2D eigenvalue weighted by Gasteiger charge is 2.48. The number of hydrogen-bond donors (Lipinski definition) is 1. The monoisotopic (exact) mass is 557 g/mol. The smallest absolute Gasteiger partial charge is 0.376 e. The molecule has 1 N–H and O–H groups in total. The topological polar surface area (TPSA) is 99.5 Å². The Morgan fingerprint density at radius 2 is 1.77 bits per heavy atom. The Bertz CT molecular complexity index is 1480. The highest BCUT2D eigenvalue weighted by Crippen LogP contribution is 2.30. The summed E-state index contributed by atoms with van der Waals surface area (Å²) in [6.07, 6.45) is 2.22. The van der Waals surface area contributed by atoms with Gasteiger partial charge in [0.1, 0.15) is 5.75 Å². The fourth-order valence-corrected chi connectivity index (χ4v) is 4.81. The molecule has 3 aromatic rings. The van der Waals surface area contributed by atoms with Gasteiger partial charge in [0, 0.05) is 25.2 Å². The molecule has 11 heteroatoms. The van der Waals surface area contributed by atoms with Gasteiger partial charge in [-0.25, -0.2) is 0 Å². The molecule has 39 heavy (non-hydrogen) atoms. The predicted molar refractivity (Wildman–Crippen MR) is 139 cm³/mol. The van der Waals surface area contributed by atoms with E-state index in [4.69, 9.17) is 5.26 Å². The quantitative estimate of drug-likeness (QED) is 0.225. The summed E-state index contributed by atoms with van der Waals surface area (Å²) < 4.78 is 64.7. The lowest BCUT2D eigenvalue weighted by Gasteiger charge is -2.29. The number of benzene rings is 3. The van der Waals surface area contributed by atoms with Crippen LogP contribution in [0.5, 0.6) is 5.75 Å². The van der Waals surface area contributed by atoms with Gasteiger partial charge in [-0.1, -0.05) is 30.3 Å². The van der Waals surface area contributed by atoms with Crippen molar-refractivity contribution < 1.29 is 30.6 Å². The van der Waals surface area contributed by atoms with Crippen LogP contribution < -0.4 is 9.50 Å². The molecule has 0 fully saturated rings. The lowest BCUT2D eigenvalue weighted by Crippen LogP contribution is -2.32. The average molecular weight is 558 g/mol. The van der Waals surface area contributed by atoms with Gasteiger partial charge >= 0.3 is 15.6 Å². The number of alkyl halides is 3. The Morgan fingerprint density at radius 1 is 1.00 bits per heavy atom. The van der Waals surface area contributed by atoms with E-state index in [0.717, 1.165) is 48.2 Å². The first-order chi connectivity index (χ1) is 18.6. The number of amides is 1. The molecule has 0 atom stereocenters. The maximum atomic E-state index is 12.6. The second kappa shape index (κ2) is 11.9. The van der Waals surface area contributed by atoms with Crippen LogP contribution in [0.25, 0.3) is 11.1 Å². The molecular formula is C28H26F3N3O4S. The van der Waals surface area contributed by atoms with Gasteiger partial charge in [0.15, 0.2) is 0 Å². The van der Waals surface area contributed by atoms with Crippen LogP contribution >= 0.6 is 0 Å². The van der Waals surface area contributed by atoms with E-state index < -0.39 is 15.6 Å². The molecule has 0 saturated carbocycles. The van der Waals surface area contributed by atoms with Crippen LogP contribution in [0.1, 0.15) is 39.9 Å². The number of halogens is 3. The van der Waals surface area contributed by atoms with Crippen LogP contribution in [0.3, 0.4) is 0 Å². The van der Waals surface area contributed by atoms with Crippen molar-refractivity contribution in [1.29, 1.82) is 5.26 Å². The van der Waals surface area contributed by atoms with Crippen LogP contribution in [-0.4, -0.2) is 44.4 Å². The third-order valence-corrected chi connectivity index (χ3v) is 7.40. The molecule has 1 aliphatic heterocycles. The summed E-state index contributed by atoms with van der Waals surface area (Å²) in [4.78, 5) is 14.6. The number of carbonyl (C=O) groups is 1. The standard InChI is InChI=1S/C28H26F3N3O4S/c29-28(30,31)39(36,37)38-26-11-10-22-12-15-34(19-25(22)17-26)14-2-1-13-33-27(35)23-8-6-21(7-9-23)24-5-3-4-20(16-24)18-32/h3-11,16-17H,1-2,12-15,19H2,(H,33,35). The van der Waals surface area contributed by atoms with Gasteiger partial charge in [0.25, 0.3) is 5.91 Å². The normalized spacial score (nSPS) is 13.8. The van der Waals surface area contributed by atoms with Crippen molar-refractivity contribution in [3.63, 3.8) is 0 Å². The zero-order chi connectivity index (χ0) is 28.0. The minimum atomic E-state index is -5.71. The summed E-state index contributed by atoms with van der Waals surface area (Å²) in [5.41, 5.74) is -0.902. The maximum Gasteiger partial charge on any atom is 0.534 e. The minimum Gasteiger partial charge on any atom is -0.376 e. The van der Waals surface area contributed by atoms with Gasteiger partial charge in [-0.15, -0.1) is 0 Å². The van der Waals surface area contributed by atoms with Gasteiger partial charge in [-0.05, 0) is 84.5 Å². The van der Waals surface area contributed by atoms with E-state index in [-0.39, 0.29) is 11.7 Å². The summed E-state index contributed by atoms with van der Waals surface area (Å²) in [5.74, 6) is -0.542. The van der Waals surface area contributed by atoms with Gasteiger partial charge < -0.3 is 9.50 Å². The molecule has 1 amide bonds. The van der Waals surface area contributed by atoms with E-state index in [9.17, 15) is 26.4 Å². The molecule has 0 aliphatic carbocycles. The highest BCUT2D eigenvalue weighted by molar-refractivity contribution is 7.88. The molecule has 0 saturated heterocycles. The zero-order valence-corrected chi connectivity index (χ0v) is 21.7. The number of rotatable bonds is 9. The number of nitrogens with one attached hydrogen (secondary N) is 1. The minimum absolute atomic E-state index is 0.180. The number of fused-ring (bicyclic) bond motifs is 1. The molecule has 0 spiro atoms. The van der Waals surface area contributed by atoms with Crippen molar-refractivity contribution in [2.45, 2.75) is 31.3 Å². The number of unbranched alkanes of at least 4 members (excludes halogenated alkanes) is 1. The van der Waals surface area contributed by atoms with Crippen molar-refractivity contribution in [3.8, 4) is 22.9 Å². The molecule has 4 rings (SSSR count). The maximum absolute atomic E-state index is 12.6. The summed E-state index contributed by atoms with van der Waals surface area (Å²) in [7, 11) is -5.71. The first-order valence-electron chi connectivity index (χ1n) is 12.3. The number of hydrogen-bond acceptors (Lipinski definition) is 6. The van der Waals surface area contributed by atoms with Gasteiger partial charge in [0.05, 0.1) is 11.6 Å². The molecule has 3 aromatic carbocycles. The predicted octanol–water partition coefficient (Wildman–Crippen LogP) is 5.02. The van der Waals surface area contributed by atoms with E-state index in [1.807, 2.05) is 24.3 Å². The van der Waals surface area contributed by atoms with Gasteiger partial charge in [0.2, 0.25) is 0 Å². The van der Waals surface area contributed by atoms with E-state index in [1.165, 1.54) is 12.1 Å². The first-order valence-corrected chi connectivity index (χ1v) is 13.7. The van der Waals surface area contributed by atoms with Crippen LogP contribution in [0.15, 0.2) is 66.7 Å². The number of nitrogens with zero attached hydrogens (tertiary/aromatic N) is 2. The third-order valence-electron chi connectivity index (χ3n) is 6.42. The SMILES string of the molecule is N#Cc1cccc(-c2ccc(C(=O)NCCCCN3CCc4ccc(OS(=O)(=O)C(F)(F)F)cc4C3)cc2)c1. The van der Waals surface area contributed by atoms with Crippen LogP contribution in [-0.2, 0) is 23.1 Å². The van der Waals surface area contributed by atoms with Gasteiger partial charge in [-0.3, -0.25) is 9.69 Å². The Balaban J connectivity index is 1.22.